The minimum atomic E-state index is -0.934. The molecule has 132 valence electrons. The molecule has 6 heteroatoms. The van der Waals surface area contributed by atoms with E-state index in [2.05, 4.69) is 15.3 Å². The van der Waals surface area contributed by atoms with E-state index in [1.807, 2.05) is 44.2 Å². The van der Waals surface area contributed by atoms with Gasteiger partial charge in [0.05, 0.1) is 23.2 Å². The molecule has 0 unspecified atom stereocenters. The van der Waals surface area contributed by atoms with E-state index in [1.165, 1.54) is 6.20 Å². The van der Waals surface area contributed by atoms with Crippen LogP contribution in [-0.2, 0) is 4.79 Å². The molecule has 1 heterocycles. The number of carbonyl (C=O) groups excluding carboxylic acids is 1. The second-order valence-corrected chi connectivity index (χ2v) is 6.07. The van der Waals surface area contributed by atoms with Gasteiger partial charge >= 0.3 is 5.97 Å². The monoisotopic (exact) mass is 341 g/mol. The number of hydrogen-bond donors (Lipinski definition) is 2. The molecule has 0 aliphatic carbocycles. The van der Waals surface area contributed by atoms with Crippen LogP contribution in [0.25, 0.3) is 11.4 Å². The van der Waals surface area contributed by atoms with Gasteiger partial charge in [0.1, 0.15) is 0 Å². The van der Waals surface area contributed by atoms with Crippen molar-refractivity contribution in [2.45, 2.75) is 45.6 Å². The highest BCUT2D eigenvalue weighted by Crippen LogP contribution is 2.22. The number of nitrogens with zero attached hydrogens (tertiary/aromatic N) is 2. The molecule has 0 saturated carbocycles. The molecular weight excluding hydrogens is 318 g/mol. The molecule has 0 aliphatic heterocycles. The van der Waals surface area contributed by atoms with Crippen molar-refractivity contribution in [1.82, 2.24) is 15.3 Å². The zero-order valence-corrected chi connectivity index (χ0v) is 14.7. The van der Waals surface area contributed by atoms with Crippen LogP contribution in [0, 0.1) is 6.92 Å². The lowest BCUT2D eigenvalue weighted by molar-refractivity contribution is -0.138. The first-order valence-corrected chi connectivity index (χ1v) is 8.34. The zero-order chi connectivity index (χ0) is 18.4. The van der Waals surface area contributed by atoms with E-state index in [4.69, 9.17) is 5.11 Å². The number of carbonyl (C=O) groups is 2. The predicted molar refractivity (Wildman–Crippen MR) is 95.2 cm³/mol. The van der Waals surface area contributed by atoms with E-state index in [0.717, 1.165) is 5.56 Å². The van der Waals surface area contributed by atoms with Crippen molar-refractivity contribution < 1.29 is 14.7 Å². The van der Waals surface area contributed by atoms with Crippen LogP contribution < -0.4 is 5.32 Å². The quantitative estimate of drug-likeness (QED) is 0.807. The molecule has 0 saturated heterocycles. The molecule has 25 heavy (non-hydrogen) atoms. The van der Waals surface area contributed by atoms with Crippen LogP contribution in [0.3, 0.4) is 0 Å². The molecule has 1 aromatic carbocycles. The third-order valence-electron chi connectivity index (χ3n) is 4.48. The number of carboxylic acid groups (broad SMARTS) is 1. The van der Waals surface area contributed by atoms with Gasteiger partial charge in [-0.1, -0.05) is 44.2 Å². The van der Waals surface area contributed by atoms with Crippen molar-refractivity contribution in [2.24, 2.45) is 0 Å². The van der Waals surface area contributed by atoms with Gasteiger partial charge in [-0.3, -0.25) is 9.59 Å². The summed E-state index contributed by atoms with van der Waals surface area (Å²) in [6.45, 7) is 5.49. The molecule has 0 atom stereocenters. The average Bonchev–Trinajstić information content (AvgIpc) is 2.61. The van der Waals surface area contributed by atoms with E-state index in [1.54, 1.807) is 6.92 Å². The molecule has 0 fully saturated rings. The number of nitrogens with one attached hydrogen (secondary N) is 1. The lowest BCUT2D eigenvalue weighted by Crippen LogP contribution is -2.49. The largest absolute Gasteiger partial charge is 0.481 e. The Balaban J connectivity index is 2.26. The summed E-state index contributed by atoms with van der Waals surface area (Å²) < 4.78 is 0. The maximum absolute atomic E-state index is 12.6. The molecule has 1 amide bonds. The summed E-state index contributed by atoms with van der Waals surface area (Å²) in [6.07, 6.45) is 2.44. The van der Waals surface area contributed by atoms with Crippen LogP contribution in [0.4, 0.5) is 0 Å². The van der Waals surface area contributed by atoms with Crippen LogP contribution in [0.5, 0.6) is 0 Å². The maximum Gasteiger partial charge on any atom is 0.305 e. The predicted octanol–water partition coefficient (Wildman–Crippen LogP) is 3.22. The maximum atomic E-state index is 12.6. The smallest absolute Gasteiger partial charge is 0.305 e. The van der Waals surface area contributed by atoms with Crippen LogP contribution in [-0.4, -0.2) is 32.5 Å². The molecule has 2 N–H and O–H groups in total. The summed E-state index contributed by atoms with van der Waals surface area (Å²) in [5.74, 6) is -0.726. The Labute approximate surface area is 147 Å². The van der Waals surface area contributed by atoms with Gasteiger partial charge in [0.2, 0.25) is 0 Å². The van der Waals surface area contributed by atoms with Gasteiger partial charge in [-0.2, -0.15) is 0 Å². The highest BCUT2D eigenvalue weighted by atomic mass is 16.4. The lowest BCUT2D eigenvalue weighted by atomic mass is 9.88. The van der Waals surface area contributed by atoms with Crippen molar-refractivity contribution in [2.75, 3.05) is 0 Å². The first-order valence-electron chi connectivity index (χ1n) is 8.34. The fraction of sp³-hybridized carbons (Fsp3) is 0.368. The Bertz CT molecular complexity index is 756. The molecule has 0 bridgehead atoms. The Morgan fingerprint density at radius 2 is 1.80 bits per heavy atom. The number of aromatic nitrogens is 2. The summed E-state index contributed by atoms with van der Waals surface area (Å²) in [6, 6.07) is 9.52. The van der Waals surface area contributed by atoms with Crippen LogP contribution in [0.15, 0.2) is 36.5 Å². The highest BCUT2D eigenvalue weighted by molar-refractivity contribution is 5.95. The van der Waals surface area contributed by atoms with Crippen LogP contribution in [0.1, 0.15) is 49.2 Å². The van der Waals surface area contributed by atoms with Crippen molar-refractivity contribution in [3.63, 3.8) is 0 Å². The molecule has 0 radical (unpaired) electrons. The van der Waals surface area contributed by atoms with Crippen molar-refractivity contribution in [3.05, 3.63) is 47.8 Å². The molecule has 2 rings (SSSR count). The van der Waals surface area contributed by atoms with Crippen molar-refractivity contribution >= 4 is 11.9 Å². The first-order chi connectivity index (χ1) is 11.9. The Hall–Kier alpha value is -2.76. The minimum Gasteiger partial charge on any atom is -0.481 e. The molecule has 1 aromatic heterocycles. The fourth-order valence-corrected chi connectivity index (χ4v) is 2.73. The van der Waals surface area contributed by atoms with Crippen molar-refractivity contribution in [3.8, 4) is 11.4 Å². The van der Waals surface area contributed by atoms with Gasteiger partial charge in [-0.15, -0.1) is 0 Å². The third kappa shape index (κ3) is 4.41. The van der Waals surface area contributed by atoms with Gasteiger partial charge in [0.25, 0.3) is 5.91 Å². The van der Waals surface area contributed by atoms with E-state index in [0.29, 0.717) is 29.9 Å². The van der Waals surface area contributed by atoms with Crippen LogP contribution >= 0.6 is 0 Å². The zero-order valence-electron chi connectivity index (χ0n) is 14.7. The molecule has 6 nitrogen and oxygen atoms in total. The van der Waals surface area contributed by atoms with E-state index in [9.17, 15) is 9.59 Å². The lowest BCUT2D eigenvalue weighted by Gasteiger charge is -2.31. The number of hydrogen-bond acceptors (Lipinski definition) is 4. The minimum absolute atomic E-state index is 0.117. The topological polar surface area (TPSA) is 92.2 Å². The Morgan fingerprint density at radius 1 is 1.16 bits per heavy atom. The standard InChI is InChI=1S/C19H23N3O3/c1-4-19(5-2,11-16(23)24)22-18(25)15-12-20-17(21-13(15)3)14-9-7-6-8-10-14/h6-10,12H,4-5,11H2,1-3H3,(H,22,25)(H,23,24). The van der Waals surface area contributed by atoms with E-state index in [-0.39, 0.29) is 12.3 Å². The molecule has 0 spiro atoms. The van der Waals surface area contributed by atoms with E-state index >= 15 is 0 Å². The number of rotatable bonds is 7. The van der Waals surface area contributed by atoms with Gasteiger partial charge < -0.3 is 10.4 Å². The second kappa shape index (κ2) is 7.88. The number of benzene rings is 1. The van der Waals surface area contributed by atoms with Crippen LogP contribution in [0.2, 0.25) is 0 Å². The van der Waals surface area contributed by atoms with Gasteiger partial charge in [-0.05, 0) is 19.8 Å². The summed E-state index contributed by atoms with van der Waals surface area (Å²) in [5.41, 5.74) is 1.02. The number of aliphatic carboxylic acids is 1. The number of aryl methyl sites for hydroxylation is 1. The summed E-state index contributed by atoms with van der Waals surface area (Å²) >= 11 is 0. The van der Waals surface area contributed by atoms with Gasteiger partial charge in [0.15, 0.2) is 5.82 Å². The number of carboxylic acids is 1. The SMILES string of the molecule is CCC(CC)(CC(=O)O)NC(=O)c1cnc(-c2ccccc2)nc1C. The molecule has 0 aliphatic rings. The van der Waals surface area contributed by atoms with E-state index < -0.39 is 11.5 Å². The summed E-state index contributed by atoms with van der Waals surface area (Å²) in [4.78, 5) is 32.5. The second-order valence-electron chi connectivity index (χ2n) is 6.07. The van der Waals surface area contributed by atoms with Gasteiger partial charge in [-0.25, -0.2) is 9.97 Å². The third-order valence-corrected chi connectivity index (χ3v) is 4.48. The first kappa shape index (κ1) is 18.6. The van der Waals surface area contributed by atoms with Crippen molar-refractivity contribution in [1.29, 1.82) is 0 Å². The normalized spacial score (nSPS) is 11.2. The Morgan fingerprint density at radius 3 is 2.32 bits per heavy atom. The Kier molecular flexibility index (Phi) is 5.85. The molecule has 2 aromatic rings. The molecular formula is C19H23N3O3. The number of amides is 1. The highest BCUT2D eigenvalue weighted by Gasteiger charge is 2.31. The average molecular weight is 341 g/mol. The summed E-state index contributed by atoms with van der Waals surface area (Å²) in [5, 5.41) is 12.0. The fourth-order valence-electron chi connectivity index (χ4n) is 2.73. The summed E-state index contributed by atoms with van der Waals surface area (Å²) in [7, 11) is 0. The van der Waals surface area contributed by atoms with Gasteiger partial charge in [0, 0.05) is 11.8 Å².